The number of aromatic nitrogens is 2. The first-order chi connectivity index (χ1) is 13.1. The zero-order chi connectivity index (χ0) is 18.9. The zero-order valence-electron chi connectivity index (χ0n) is 15.7. The van der Waals surface area contributed by atoms with Crippen molar-refractivity contribution in [1.29, 1.82) is 0 Å². The SMILES string of the molecule is COCCCS(=O)(=O)N1CCN(c2ncnc3sc4c(c23)CCCC4)CC1. The quantitative estimate of drug-likeness (QED) is 0.679. The van der Waals surface area contributed by atoms with Crippen molar-refractivity contribution in [3.63, 3.8) is 0 Å². The highest BCUT2D eigenvalue weighted by molar-refractivity contribution is 7.89. The van der Waals surface area contributed by atoms with E-state index in [1.54, 1.807) is 29.1 Å². The molecule has 2 aromatic rings. The van der Waals surface area contributed by atoms with E-state index in [-0.39, 0.29) is 5.75 Å². The van der Waals surface area contributed by atoms with Gasteiger partial charge in [-0.1, -0.05) is 0 Å². The molecule has 27 heavy (non-hydrogen) atoms. The third-order valence-electron chi connectivity index (χ3n) is 5.41. The average Bonchev–Trinajstić information content (AvgIpc) is 3.07. The van der Waals surface area contributed by atoms with Gasteiger partial charge in [0, 0.05) is 44.8 Å². The number of rotatable bonds is 6. The molecule has 1 fully saturated rings. The first kappa shape index (κ1) is 19.0. The van der Waals surface area contributed by atoms with Crippen LogP contribution in [0.5, 0.6) is 0 Å². The van der Waals surface area contributed by atoms with E-state index in [9.17, 15) is 8.42 Å². The number of fused-ring (bicyclic) bond motifs is 3. The van der Waals surface area contributed by atoms with Crippen molar-refractivity contribution in [2.45, 2.75) is 32.1 Å². The van der Waals surface area contributed by atoms with Crippen LogP contribution in [0.25, 0.3) is 10.2 Å². The van der Waals surface area contributed by atoms with Gasteiger partial charge in [-0.2, -0.15) is 4.31 Å². The minimum absolute atomic E-state index is 0.149. The van der Waals surface area contributed by atoms with E-state index in [1.165, 1.54) is 28.7 Å². The fourth-order valence-electron chi connectivity index (χ4n) is 4.01. The number of ether oxygens (including phenoxy) is 1. The van der Waals surface area contributed by atoms with Crippen LogP contribution >= 0.6 is 11.3 Å². The Morgan fingerprint density at radius 2 is 1.93 bits per heavy atom. The molecular weight excluding hydrogens is 384 g/mol. The summed E-state index contributed by atoms with van der Waals surface area (Å²) in [6.07, 6.45) is 6.90. The van der Waals surface area contributed by atoms with Gasteiger partial charge in [-0.25, -0.2) is 18.4 Å². The predicted molar refractivity (Wildman–Crippen MR) is 108 cm³/mol. The van der Waals surface area contributed by atoms with E-state index in [0.29, 0.717) is 39.2 Å². The Balaban J connectivity index is 1.51. The Labute approximate surface area is 164 Å². The molecule has 0 radical (unpaired) electrons. The van der Waals surface area contributed by atoms with Crippen LogP contribution in [-0.2, 0) is 27.6 Å². The number of piperazine rings is 1. The number of sulfonamides is 1. The molecule has 7 nitrogen and oxygen atoms in total. The van der Waals surface area contributed by atoms with Gasteiger partial charge in [0.05, 0.1) is 11.1 Å². The third kappa shape index (κ3) is 3.83. The molecule has 2 aromatic heterocycles. The number of hydrogen-bond donors (Lipinski definition) is 0. The van der Waals surface area contributed by atoms with Gasteiger partial charge in [0.1, 0.15) is 17.0 Å². The lowest BCUT2D eigenvalue weighted by Gasteiger charge is -2.35. The Hall–Kier alpha value is -1.29. The van der Waals surface area contributed by atoms with Crippen LogP contribution in [0.2, 0.25) is 0 Å². The lowest BCUT2D eigenvalue weighted by molar-refractivity contribution is 0.199. The summed E-state index contributed by atoms with van der Waals surface area (Å²) in [5, 5.41) is 1.20. The van der Waals surface area contributed by atoms with Gasteiger partial charge in [-0.15, -0.1) is 11.3 Å². The van der Waals surface area contributed by atoms with Crippen molar-refractivity contribution in [3.05, 3.63) is 16.8 Å². The Morgan fingerprint density at radius 1 is 1.15 bits per heavy atom. The summed E-state index contributed by atoms with van der Waals surface area (Å²) >= 11 is 1.80. The van der Waals surface area contributed by atoms with Gasteiger partial charge >= 0.3 is 0 Å². The fourth-order valence-corrected chi connectivity index (χ4v) is 6.69. The highest BCUT2D eigenvalue weighted by atomic mass is 32.2. The molecule has 148 valence electrons. The molecule has 9 heteroatoms. The van der Waals surface area contributed by atoms with E-state index >= 15 is 0 Å². The maximum Gasteiger partial charge on any atom is 0.214 e. The number of nitrogens with zero attached hydrogens (tertiary/aromatic N) is 4. The normalized spacial score (nSPS) is 18.8. The minimum Gasteiger partial charge on any atom is -0.385 e. The molecule has 0 unspecified atom stereocenters. The lowest BCUT2D eigenvalue weighted by atomic mass is 9.97. The Morgan fingerprint density at radius 3 is 2.70 bits per heavy atom. The van der Waals surface area contributed by atoms with E-state index in [2.05, 4.69) is 14.9 Å². The summed E-state index contributed by atoms with van der Waals surface area (Å²) in [5.41, 5.74) is 1.42. The standard InChI is InChI=1S/C18H26N4O3S2/c1-25-11-4-12-27(23,24)22-9-7-21(8-10-22)17-16-14-5-2-3-6-15(14)26-18(16)20-13-19-17/h13H,2-12H2,1H3. The number of thiophene rings is 1. The second-order valence-corrected chi connectivity index (χ2v) is 10.3. The molecule has 0 amide bonds. The van der Waals surface area contributed by atoms with Gasteiger partial charge in [0.2, 0.25) is 10.0 Å². The molecule has 1 aliphatic carbocycles. The molecule has 1 aliphatic heterocycles. The summed E-state index contributed by atoms with van der Waals surface area (Å²) in [7, 11) is -1.62. The molecular formula is C18H26N4O3S2. The van der Waals surface area contributed by atoms with E-state index in [1.807, 2.05) is 0 Å². The van der Waals surface area contributed by atoms with Crippen molar-refractivity contribution in [2.75, 3.05) is 50.5 Å². The van der Waals surface area contributed by atoms with Gasteiger partial charge in [-0.05, 0) is 37.7 Å². The molecule has 0 saturated carbocycles. The van der Waals surface area contributed by atoms with Crippen LogP contribution < -0.4 is 4.90 Å². The molecule has 3 heterocycles. The van der Waals surface area contributed by atoms with Crippen LogP contribution in [0.15, 0.2) is 6.33 Å². The third-order valence-corrected chi connectivity index (χ3v) is 8.57. The first-order valence-corrected chi connectivity index (χ1v) is 12.0. The first-order valence-electron chi connectivity index (χ1n) is 9.57. The highest BCUT2D eigenvalue weighted by Gasteiger charge is 2.29. The Kier molecular flexibility index (Phi) is 5.63. The highest BCUT2D eigenvalue weighted by Crippen LogP contribution is 2.39. The second-order valence-electron chi connectivity index (χ2n) is 7.14. The smallest absolute Gasteiger partial charge is 0.214 e. The van der Waals surface area contributed by atoms with Gasteiger partial charge < -0.3 is 9.64 Å². The fraction of sp³-hybridized carbons (Fsp3) is 0.667. The van der Waals surface area contributed by atoms with Crippen molar-refractivity contribution < 1.29 is 13.2 Å². The molecule has 0 aromatic carbocycles. The summed E-state index contributed by atoms with van der Waals surface area (Å²) in [6.45, 7) is 2.82. The molecule has 0 spiro atoms. The van der Waals surface area contributed by atoms with Crippen LogP contribution in [0.3, 0.4) is 0 Å². The van der Waals surface area contributed by atoms with Crippen molar-refractivity contribution in [1.82, 2.24) is 14.3 Å². The van der Waals surface area contributed by atoms with Crippen LogP contribution in [0.4, 0.5) is 5.82 Å². The largest absolute Gasteiger partial charge is 0.385 e. The summed E-state index contributed by atoms with van der Waals surface area (Å²) in [5.74, 6) is 1.13. The Bertz CT molecular complexity index is 905. The van der Waals surface area contributed by atoms with Crippen molar-refractivity contribution in [2.24, 2.45) is 0 Å². The molecule has 0 bridgehead atoms. The second kappa shape index (κ2) is 7.98. The summed E-state index contributed by atoms with van der Waals surface area (Å²) in [4.78, 5) is 13.9. The van der Waals surface area contributed by atoms with E-state index in [0.717, 1.165) is 23.5 Å². The van der Waals surface area contributed by atoms with Gasteiger partial charge in [0.25, 0.3) is 0 Å². The number of aryl methyl sites for hydroxylation is 2. The molecule has 1 saturated heterocycles. The predicted octanol–water partition coefficient (Wildman–Crippen LogP) is 2.06. The summed E-state index contributed by atoms with van der Waals surface area (Å²) in [6, 6.07) is 0. The van der Waals surface area contributed by atoms with E-state index < -0.39 is 10.0 Å². The topological polar surface area (TPSA) is 75.6 Å². The number of anilines is 1. The van der Waals surface area contributed by atoms with Crippen LogP contribution in [0, 0.1) is 0 Å². The molecule has 2 aliphatic rings. The molecule has 0 atom stereocenters. The summed E-state index contributed by atoms with van der Waals surface area (Å²) < 4.78 is 31.6. The monoisotopic (exact) mass is 410 g/mol. The van der Waals surface area contributed by atoms with Crippen molar-refractivity contribution in [3.8, 4) is 0 Å². The molecule has 0 N–H and O–H groups in total. The average molecular weight is 411 g/mol. The number of hydrogen-bond acceptors (Lipinski definition) is 7. The maximum atomic E-state index is 12.5. The van der Waals surface area contributed by atoms with Crippen LogP contribution in [0.1, 0.15) is 29.7 Å². The van der Waals surface area contributed by atoms with Gasteiger partial charge in [0.15, 0.2) is 0 Å². The van der Waals surface area contributed by atoms with Crippen molar-refractivity contribution >= 4 is 37.4 Å². The lowest BCUT2D eigenvalue weighted by Crippen LogP contribution is -2.49. The van der Waals surface area contributed by atoms with E-state index in [4.69, 9.17) is 4.74 Å². The number of methoxy groups -OCH3 is 1. The minimum atomic E-state index is -3.21. The zero-order valence-corrected chi connectivity index (χ0v) is 17.3. The maximum absolute atomic E-state index is 12.5. The molecule has 4 rings (SSSR count). The van der Waals surface area contributed by atoms with Crippen LogP contribution in [-0.4, -0.2) is 68.3 Å². The van der Waals surface area contributed by atoms with Gasteiger partial charge in [-0.3, -0.25) is 0 Å².